The lowest BCUT2D eigenvalue weighted by molar-refractivity contribution is -0.567. The van der Waals surface area contributed by atoms with Gasteiger partial charge in [0.2, 0.25) is 0 Å². The Morgan fingerprint density at radius 1 is 0.933 bits per heavy atom. The van der Waals surface area contributed by atoms with Crippen LogP contribution in [-0.4, -0.2) is 0 Å². The summed E-state index contributed by atoms with van der Waals surface area (Å²) in [6.07, 6.45) is 8.03. The lowest BCUT2D eigenvalue weighted by atomic mass is 10.2. The standard InChI is InChI=1S/C13H11ClN/c14-13-6-4-12(5-7-13)8-11-15-9-2-1-3-10-15/h1-11H/q+1. The largest absolute Gasteiger partial charge is 0.175 e. The molecule has 15 heavy (non-hydrogen) atoms. The van der Waals surface area contributed by atoms with Crippen LogP contribution in [0.1, 0.15) is 5.56 Å². The highest BCUT2D eigenvalue weighted by atomic mass is 35.5. The van der Waals surface area contributed by atoms with Crippen molar-refractivity contribution in [3.8, 4) is 0 Å². The van der Waals surface area contributed by atoms with Crippen molar-refractivity contribution in [2.24, 2.45) is 0 Å². The summed E-state index contributed by atoms with van der Waals surface area (Å²) in [4.78, 5) is 0. The third-order valence-electron chi connectivity index (χ3n) is 2.05. The molecule has 0 aliphatic rings. The maximum absolute atomic E-state index is 5.80. The minimum atomic E-state index is 0.763. The van der Waals surface area contributed by atoms with E-state index < -0.39 is 0 Å². The Kier molecular flexibility index (Phi) is 3.15. The van der Waals surface area contributed by atoms with Crippen LogP contribution in [0.3, 0.4) is 0 Å². The monoisotopic (exact) mass is 216 g/mol. The summed E-state index contributed by atoms with van der Waals surface area (Å²) < 4.78 is 1.99. The zero-order valence-electron chi connectivity index (χ0n) is 8.18. The van der Waals surface area contributed by atoms with E-state index in [2.05, 4.69) is 0 Å². The Labute approximate surface area is 94.3 Å². The Morgan fingerprint density at radius 2 is 1.60 bits per heavy atom. The molecule has 1 heterocycles. The first-order valence-electron chi connectivity index (χ1n) is 4.74. The summed E-state index contributed by atoms with van der Waals surface area (Å²) in [7, 11) is 0. The third-order valence-corrected chi connectivity index (χ3v) is 2.30. The molecule has 0 atom stereocenters. The van der Waals surface area contributed by atoms with E-state index in [9.17, 15) is 0 Å². The molecule has 2 heteroatoms. The fourth-order valence-corrected chi connectivity index (χ4v) is 1.38. The lowest BCUT2D eigenvalue weighted by Crippen LogP contribution is -2.23. The summed E-state index contributed by atoms with van der Waals surface area (Å²) in [5.74, 6) is 0. The van der Waals surface area contributed by atoms with Crippen molar-refractivity contribution in [3.05, 3.63) is 65.4 Å². The molecule has 0 radical (unpaired) electrons. The van der Waals surface area contributed by atoms with Crippen LogP contribution in [0.2, 0.25) is 5.02 Å². The second-order valence-corrected chi connectivity index (χ2v) is 3.63. The van der Waals surface area contributed by atoms with Gasteiger partial charge in [-0.25, -0.2) is 0 Å². The van der Waals surface area contributed by atoms with Crippen LogP contribution in [0, 0.1) is 0 Å². The smallest absolute Gasteiger partial charge is 0.174 e. The van der Waals surface area contributed by atoms with Crippen LogP contribution in [0.15, 0.2) is 54.9 Å². The van der Waals surface area contributed by atoms with Crippen molar-refractivity contribution in [2.75, 3.05) is 0 Å². The Balaban J connectivity index is 2.15. The summed E-state index contributed by atoms with van der Waals surface area (Å²) in [6.45, 7) is 0. The van der Waals surface area contributed by atoms with E-state index in [1.54, 1.807) is 0 Å². The van der Waals surface area contributed by atoms with Crippen LogP contribution in [0.25, 0.3) is 12.3 Å². The van der Waals surface area contributed by atoms with Crippen LogP contribution < -0.4 is 4.57 Å². The van der Waals surface area contributed by atoms with E-state index >= 15 is 0 Å². The van der Waals surface area contributed by atoms with Crippen molar-refractivity contribution in [3.63, 3.8) is 0 Å². The molecule has 0 amide bonds. The molecule has 2 rings (SSSR count). The van der Waals surface area contributed by atoms with Gasteiger partial charge in [0.05, 0.1) is 0 Å². The molecule has 1 aromatic heterocycles. The van der Waals surface area contributed by atoms with Crippen LogP contribution in [0.4, 0.5) is 0 Å². The maximum atomic E-state index is 5.80. The highest BCUT2D eigenvalue weighted by Gasteiger charge is 1.91. The zero-order chi connectivity index (χ0) is 10.5. The van der Waals surface area contributed by atoms with Gasteiger partial charge in [0.15, 0.2) is 18.6 Å². The zero-order valence-corrected chi connectivity index (χ0v) is 8.93. The minimum absolute atomic E-state index is 0.763. The summed E-state index contributed by atoms with van der Waals surface area (Å²) in [5.41, 5.74) is 1.13. The molecule has 0 bridgehead atoms. The molecule has 0 unspecified atom stereocenters. The van der Waals surface area contributed by atoms with E-state index in [0.29, 0.717) is 0 Å². The number of hydrogen-bond donors (Lipinski definition) is 0. The quantitative estimate of drug-likeness (QED) is 0.679. The van der Waals surface area contributed by atoms with E-state index in [0.717, 1.165) is 10.6 Å². The SMILES string of the molecule is Clc1ccc(C=C[n+]2ccccc2)cc1. The topological polar surface area (TPSA) is 3.88 Å². The van der Waals surface area contributed by atoms with Crippen molar-refractivity contribution >= 4 is 23.9 Å². The van der Waals surface area contributed by atoms with E-state index in [1.165, 1.54) is 0 Å². The van der Waals surface area contributed by atoms with Gasteiger partial charge in [-0.1, -0.05) is 29.8 Å². The molecule has 0 aliphatic carbocycles. The average Bonchev–Trinajstić information content (AvgIpc) is 2.30. The number of hydrogen-bond acceptors (Lipinski definition) is 0. The highest BCUT2D eigenvalue weighted by molar-refractivity contribution is 6.30. The molecule has 0 N–H and O–H groups in total. The van der Waals surface area contributed by atoms with Crippen molar-refractivity contribution in [1.29, 1.82) is 0 Å². The summed E-state index contributed by atoms with van der Waals surface area (Å²) >= 11 is 5.80. The third kappa shape index (κ3) is 2.93. The Hall–Kier alpha value is -1.60. The highest BCUT2D eigenvalue weighted by Crippen LogP contribution is 2.10. The van der Waals surface area contributed by atoms with E-state index in [4.69, 9.17) is 11.6 Å². The molecule has 2 aromatic rings. The molecular formula is C13H11ClN+. The van der Waals surface area contributed by atoms with Gasteiger partial charge in [-0.3, -0.25) is 0 Å². The summed E-state index contributed by atoms with van der Waals surface area (Å²) in [6, 6.07) is 13.7. The maximum Gasteiger partial charge on any atom is 0.175 e. The van der Waals surface area contributed by atoms with Crippen LogP contribution in [0.5, 0.6) is 0 Å². The van der Waals surface area contributed by atoms with E-state index in [-0.39, 0.29) is 0 Å². The normalized spacial score (nSPS) is 10.7. The number of rotatable bonds is 2. The van der Waals surface area contributed by atoms with Crippen molar-refractivity contribution in [2.45, 2.75) is 0 Å². The fraction of sp³-hybridized carbons (Fsp3) is 0. The predicted molar refractivity (Wildman–Crippen MR) is 63.3 cm³/mol. The van der Waals surface area contributed by atoms with Crippen molar-refractivity contribution in [1.82, 2.24) is 0 Å². The molecular weight excluding hydrogens is 206 g/mol. The molecule has 1 nitrogen and oxygen atoms in total. The number of nitrogens with zero attached hydrogens (tertiary/aromatic N) is 1. The molecule has 0 saturated carbocycles. The van der Waals surface area contributed by atoms with Gasteiger partial charge in [0.1, 0.15) is 0 Å². The van der Waals surface area contributed by atoms with Crippen molar-refractivity contribution < 1.29 is 4.57 Å². The van der Waals surface area contributed by atoms with Gasteiger partial charge >= 0.3 is 0 Å². The van der Waals surface area contributed by atoms with Gasteiger partial charge in [-0.2, -0.15) is 4.57 Å². The molecule has 0 aliphatic heterocycles. The molecule has 1 aromatic carbocycles. The molecule has 74 valence electrons. The average molecular weight is 217 g/mol. The first-order valence-corrected chi connectivity index (χ1v) is 5.12. The molecule has 0 fully saturated rings. The van der Waals surface area contributed by atoms with Gasteiger partial charge in [-0.05, 0) is 17.7 Å². The Morgan fingerprint density at radius 3 is 2.27 bits per heavy atom. The van der Waals surface area contributed by atoms with E-state index in [1.807, 2.05) is 71.7 Å². The van der Waals surface area contributed by atoms with Crippen LogP contribution in [-0.2, 0) is 0 Å². The van der Waals surface area contributed by atoms with Crippen LogP contribution >= 0.6 is 11.6 Å². The second kappa shape index (κ2) is 4.76. The number of benzene rings is 1. The lowest BCUT2D eigenvalue weighted by Gasteiger charge is -1.91. The summed E-state index contributed by atoms with van der Waals surface area (Å²) in [5, 5.41) is 0.763. The Bertz CT molecular complexity index is 446. The predicted octanol–water partition coefficient (Wildman–Crippen LogP) is 3.26. The number of aromatic nitrogens is 1. The van der Waals surface area contributed by atoms with Gasteiger partial charge in [0.25, 0.3) is 0 Å². The first-order chi connectivity index (χ1) is 7.34. The minimum Gasteiger partial charge on any atom is -0.174 e. The van der Waals surface area contributed by atoms with Gasteiger partial charge < -0.3 is 0 Å². The van der Waals surface area contributed by atoms with Gasteiger partial charge in [0, 0.05) is 23.2 Å². The molecule has 0 saturated heterocycles. The second-order valence-electron chi connectivity index (χ2n) is 3.19. The molecule has 0 spiro atoms. The number of halogens is 1. The fourth-order valence-electron chi connectivity index (χ4n) is 1.26. The van der Waals surface area contributed by atoms with Gasteiger partial charge in [-0.15, -0.1) is 0 Å². The first kappa shape index (κ1) is 9.94. The number of pyridine rings is 1.